The molecule has 0 unspecified atom stereocenters. The van der Waals surface area contributed by atoms with Gasteiger partial charge in [-0.2, -0.15) is 26.3 Å². The summed E-state index contributed by atoms with van der Waals surface area (Å²) in [5.41, 5.74) is -5.12. The molecule has 4 amide bonds. The van der Waals surface area contributed by atoms with Gasteiger partial charge in [-0.1, -0.05) is 24.3 Å². The van der Waals surface area contributed by atoms with Crippen LogP contribution in [0.1, 0.15) is 11.1 Å². The molecule has 0 saturated carbocycles. The first-order chi connectivity index (χ1) is 19.8. The second-order valence-electron chi connectivity index (χ2n) is 8.64. The molecule has 3 aromatic carbocycles. The summed E-state index contributed by atoms with van der Waals surface area (Å²) in [7, 11) is 0. The van der Waals surface area contributed by atoms with Gasteiger partial charge in [0.2, 0.25) is 0 Å². The van der Waals surface area contributed by atoms with Crippen molar-refractivity contribution in [1.82, 2.24) is 0 Å². The third-order valence-corrected chi connectivity index (χ3v) is 5.97. The highest BCUT2D eigenvalue weighted by atomic mass is 19.4. The van der Waals surface area contributed by atoms with E-state index in [1.165, 1.54) is 36.4 Å². The fourth-order valence-electron chi connectivity index (χ4n) is 4.27. The van der Waals surface area contributed by atoms with E-state index in [9.17, 15) is 45.5 Å². The number of carbonyl (C=O) groups is 4. The molecule has 0 fully saturated rings. The lowest BCUT2D eigenvalue weighted by atomic mass is 10.0. The zero-order chi connectivity index (χ0) is 30.4. The molecule has 0 bridgehead atoms. The molecule has 0 saturated heterocycles. The van der Waals surface area contributed by atoms with Gasteiger partial charge in [0.25, 0.3) is 23.6 Å². The molecule has 5 rings (SSSR count). The number of imide groups is 2. The minimum Gasteiger partial charge on any atom is -0.454 e. The highest BCUT2D eigenvalue weighted by Crippen LogP contribution is 2.51. The average Bonchev–Trinajstić information content (AvgIpc) is 3.43. The van der Waals surface area contributed by atoms with Gasteiger partial charge < -0.3 is 9.47 Å². The van der Waals surface area contributed by atoms with Crippen molar-refractivity contribution in [2.45, 2.75) is 12.4 Å². The Hall–Kier alpha value is -5.40. The Balaban J connectivity index is 1.63. The monoisotopic (exact) mass is 588 g/mol. The van der Waals surface area contributed by atoms with Gasteiger partial charge in [0.05, 0.1) is 11.4 Å². The Bertz CT molecular complexity index is 1550. The van der Waals surface area contributed by atoms with Crippen LogP contribution in [0.2, 0.25) is 0 Å². The van der Waals surface area contributed by atoms with E-state index in [0.717, 1.165) is 36.4 Å². The van der Waals surface area contributed by atoms with Gasteiger partial charge in [-0.25, -0.2) is 9.80 Å². The standard InChI is InChI=1S/C28H14F6N2O6/c29-27(30,31)25-19(41-17-7-3-1-5-15(17)35-21(37)11-12-22(35)38)9-10-20(26(25)28(32,33)34)42-18-8-4-2-6-16(18)36-23(39)13-14-24(36)40/h1-14H. The van der Waals surface area contributed by atoms with Crippen LogP contribution in [0, 0.1) is 0 Å². The zero-order valence-corrected chi connectivity index (χ0v) is 20.7. The van der Waals surface area contributed by atoms with Gasteiger partial charge in [0, 0.05) is 24.3 Å². The molecular formula is C28H14F6N2O6. The number of rotatable bonds is 6. The molecule has 2 aliphatic rings. The van der Waals surface area contributed by atoms with E-state index in [4.69, 9.17) is 9.47 Å². The van der Waals surface area contributed by atoms with Crippen molar-refractivity contribution in [2.75, 3.05) is 9.80 Å². The summed E-state index contributed by atoms with van der Waals surface area (Å²) in [5.74, 6) is -6.98. The number of ether oxygens (including phenoxy) is 2. The molecular weight excluding hydrogens is 574 g/mol. The predicted molar refractivity (Wildman–Crippen MR) is 133 cm³/mol. The van der Waals surface area contributed by atoms with E-state index in [-0.39, 0.29) is 11.4 Å². The lowest BCUT2D eigenvalue weighted by Gasteiger charge is -2.24. The van der Waals surface area contributed by atoms with Crippen LogP contribution in [-0.2, 0) is 31.5 Å². The number of hydrogen-bond donors (Lipinski definition) is 0. The Morgan fingerprint density at radius 2 is 0.762 bits per heavy atom. The van der Waals surface area contributed by atoms with E-state index < -0.39 is 70.1 Å². The molecule has 42 heavy (non-hydrogen) atoms. The normalized spacial score (nSPS) is 15.3. The number of hydrogen-bond acceptors (Lipinski definition) is 6. The number of carbonyl (C=O) groups excluding carboxylic acids is 4. The number of benzene rings is 3. The van der Waals surface area contributed by atoms with Crippen LogP contribution in [0.3, 0.4) is 0 Å². The summed E-state index contributed by atoms with van der Waals surface area (Å²) in [6.45, 7) is 0. The maximum Gasteiger partial charge on any atom is 0.420 e. The summed E-state index contributed by atoms with van der Waals surface area (Å²) in [6.07, 6.45) is -7.67. The fourth-order valence-corrected chi connectivity index (χ4v) is 4.27. The maximum absolute atomic E-state index is 14.3. The second kappa shape index (κ2) is 10.2. The quantitative estimate of drug-likeness (QED) is 0.253. The number of halogens is 6. The van der Waals surface area contributed by atoms with Crippen LogP contribution in [0.15, 0.2) is 85.0 Å². The van der Waals surface area contributed by atoms with Crippen LogP contribution in [0.25, 0.3) is 0 Å². The molecule has 0 aliphatic carbocycles. The first-order valence-corrected chi connectivity index (χ1v) is 11.7. The molecule has 2 aliphatic heterocycles. The van der Waals surface area contributed by atoms with E-state index >= 15 is 0 Å². The molecule has 3 aromatic rings. The Morgan fingerprint density at radius 3 is 1.07 bits per heavy atom. The topological polar surface area (TPSA) is 93.2 Å². The average molecular weight is 588 g/mol. The first kappa shape index (κ1) is 28.1. The van der Waals surface area contributed by atoms with Crippen molar-refractivity contribution < 1.29 is 55.0 Å². The lowest BCUT2D eigenvalue weighted by Crippen LogP contribution is -2.30. The summed E-state index contributed by atoms with van der Waals surface area (Å²) < 4.78 is 96.7. The van der Waals surface area contributed by atoms with E-state index in [1.54, 1.807) is 0 Å². The molecule has 2 heterocycles. The third-order valence-electron chi connectivity index (χ3n) is 5.97. The Morgan fingerprint density at radius 1 is 0.452 bits per heavy atom. The summed E-state index contributed by atoms with van der Waals surface area (Å²) in [6, 6.07) is 10.9. The molecule has 0 aromatic heterocycles. The van der Waals surface area contributed by atoms with Crippen molar-refractivity contribution in [2.24, 2.45) is 0 Å². The second-order valence-corrected chi connectivity index (χ2v) is 8.64. The van der Waals surface area contributed by atoms with Crippen LogP contribution in [-0.4, -0.2) is 23.6 Å². The molecule has 14 heteroatoms. The van der Waals surface area contributed by atoms with Crippen LogP contribution in [0.4, 0.5) is 37.7 Å². The van der Waals surface area contributed by atoms with Crippen molar-refractivity contribution in [3.63, 3.8) is 0 Å². The van der Waals surface area contributed by atoms with Crippen LogP contribution in [0.5, 0.6) is 23.0 Å². The smallest absolute Gasteiger partial charge is 0.420 e. The summed E-state index contributed by atoms with van der Waals surface area (Å²) >= 11 is 0. The highest BCUT2D eigenvalue weighted by molar-refractivity contribution is 6.29. The van der Waals surface area contributed by atoms with Gasteiger partial charge in [-0.3, -0.25) is 19.2 Å². The molecule has 0 atom stereocenters. The van der Waals surface area contributed by atoms with Gasteiger partial charge in [0.1, 0.15) is 22.6 Å². The SMILES string of the molecule is O=C1C=CC(=O)N1c1ccccc1Oc1ccc(Oc2ccccc2N2C(=O)C=CC2=O)c(C(F)(F)F)c1C(F)(F)F. The molecule has 0 radical (unpaired) electrons. The number of alkyl halides is 6. The van der Waals surface area contributed by atoms with E-state index in [1.807, 2.05) is 0 Å². The lowest BCUT2D eigenvalue weighted by molar-refractivity contribution is -0.163. The van der Waals surface area contributed by atoms with Crippen molar-refractivity contribution in [1.29, 1.82) is 0 Å². The van der Waals surface area contributed by atoms with Gasteiger partial charge >= 0.3 is 12.4 Å². The minimum absolute atomic E-state index is 0.304. The largest absolute Gasteiger partial charge is 0.454 e. The first-order valence-electron chi connectivity index (χ1n) is 11.7. The number of anilines is 2. The number of para-hydroxylation sites is 4. The maximum atomic E-state index is 14.3. The minimum atomic E-state index is -5.65. The van der Waals surface area contributed by atoms with Crippen molar-refractivity contribution in [3.05, 3.63) is 96.1 Å². The van der Waals surface area contributed by atoms with Crippen LogP contribution >= 0.6 is 0 Å². The van der Waals surface area contributed by atoms with Crippen molar-refractivity contribution >= 4 is 35.0 Å². The Kier molecular flexibility index (Phi) is 6.84. The van der Waals surface area contributed by atoms with E-state index in [0.29, 0.717) is 21.9 Å². The molecule has 0 spiro atoms. The zero-order valence-electron chi connectivity index (χ0n) is 20.7. The van der Waals surface area contributed by atoms with E-state index in [2.05, 4.69) is 0 Å². The number of amides is 4. The van der Waals surface area contributed by atoms with Crippen LogP contribution < -0.4 is 19.3 Å². The molecule has 214 valence electrons. The fraction of sp³-hybridized carbons (Fsp3) is 0.0714. The molecule has 8 nitrogen and oxygen atoms in total. The van der Waals surface area contributed by atoms with Gasteiger partial charge in [-0.05, 0) is 36.4 Å². The Labute approximate surface area is 231 Å². The van der Waals surface area contributed by atoms with Crippen molar-refractivity contribution in [3.8, 4) is 23.0 Å². The third kappa shape index (κ3) is 5.09. The van der Waals surface area contributed by atoms with Gasteiger partial charge in [-0.15, -0.1) is 0 Å². The summed E-state index contributed by atoms with van der Waals surface area (Å²) in [4.78, 5) is 49.8. The highest BCUT2D eigenvalue weighted by Gasteiger charge is 2.49. The van der Waals surface area contributed by atoms with Gasteiger partial charge in [0.15, 0.2) is 11.5 Å². The predicted octanol–water partition coefficient (Wildman–Crippen LogP) is 6.17. The summed E-state index contributed by atoms with van der Waals surface area (Å²) in [5, 5.41) is 0. The number of nitrogens with zero attached hydrogens (tertiary/aromatic N) is 2. The molecule has 0 N–H and O–H groups in total.